The molecule has 2 rings (SSSR count). The molecule has 0 heterocycles. The fourth-order valence-electron chi connectivity index (χ4n) is 2.27. The molecule has 0 saturated heterocycles. The number of carboxylic acids is 1. The fraction of sp³-hybridized carbons (Fsp3) is 0.312. The molecule has 0 saturated carbocycles. The van der Waals surface area contributed by atoms with Crippen molar-refractivity contribution in [3.63, 3.8) is 0 Å². The predicted molar refractivity (Wildman–Crippen MR) is 76.1 cm³/mol. The summed E-state index contributed by atoms with van der Waals surface area (Å²) < 4.78 is 0. The molecule has 1 aromatic rings. The zero-order valence-electron chi connectivity index (χ0n) is 11.5. The van der Waals surface area contributed by atoms with E-state index in [1.54, 1.807) is 0 Å². The molecule has 19 heavy (non-hydrogen) atoms. The van der Waals surface area contributed by atoms with E-state index in [2.05, 4.69) is 6.08 Å². The van der Waals surface area contributed by atoms with Gasteiger partial charge in [-0.15, -0.1) is 0 Å². The van der Waals surface area contributed by atoms with E-state index in [4.69, 9.17) is 0 Å². The van der Waals surface area contributed by atoms with Crippen LogP contribution in [0.2, 0.25) is 0 Å². The van der Waals surface area contributed by atoms with Crippen molar-refractivity contribution in [1.29, 1.82) is 0 Å². The third-order valence-electron chi connectivity index (χ3n) is 3.78. The molecule has 3 heteroatoms. The Kier molecular flexibility index (Phi) is 3.58. The molecule has 3 nitrogen and oxygen atoms in total. The van der Waals surface area contributed by atoms with Crippen LogP contribution in [0.3, 0.4) is 0 Å². The Morgan fingerprint density at radius 2 is 1.89 bits per heavy atom. The zero-order chi connectivity index (χ0) is 14.0. The maximum atomic E-state index is 11.5. The van der Waals surface area contributed by atoms with Crippen molar-refractivity contribution in [2.45, 2.75) is 18.4 Å². The summed E-state index contributed by atoms with van der Waals surface area (Å²) in [5.41, 5.74) is 1.09. The molecule has 0 radical (unpaired) electrons. The molecule has 1 aromatic carbocycles. The maximum Gasteiger partial charge on any atom is 0.332 e. The molecule has 1 N–H and O–H groups in total. The number of carbonyl (C=O) groups is 1. The second-order valence-electron chi connectivity index (χ2n) is 5.27. The van der Waals surface area contributed by atoms with Gasteiger partial charge in [-0.05, 0) is 32.7 Å². The Labute approximate surface area is 113 Å². The fourth-order valence-corrected chi connectivity index (χ4v) is 2.27. The van der Waals surface area contributed by atoms with Crippen LogP contribution in [0.15, 0.2) is 54.1 Å². The number of allylic oxidation sites excluding steroid dienone is 1. The van der Waals surface area contributed by atoms with Gasteiger partial charge in [0.1, 0.15) is 0 Å². The summed E-state index contributed by atoms with van der Waals surface area (Å²) in [5, 5.41) is 9.46. The van der Waals surface area contributed by atoms with Gasteiger partial charge in [0.15, 0.2) is 0 Å². The van der Waals surface area contributed by atoms with Crippen LogP contribution in [-0.4, -0.2) is 35.6 Å². The highest BCUT2D eigenvalue weighted by Crippen LogP contribution is 2.34. The van der Waals surface area contributed by atoms with Crippen LogP contribution >= 0.6 is 0 Å². The average molecular weight is 257 g/mol. The van der Waals surface area contributed by atoms with Gasteiger partial charge in [-0.3, -0.25) is 4.90 Å². The molecular weight excluding hydrogens is 238 g/mol. The van der Waals surface area contributed by atoms with Crippen LogP contribution in [0, 0.1) is 0 Å². The van der Waals surface area contributed by atoms with Crippen molar-refractivity contribution >= 4 is 5.97 Å². The van der Waals surface area contributed by atoms with Crippen LogP contribution < -0.4 is 0 Å². The number of hydrogen-bond donors (Lipinski definition) is 1. The number of nitrogens with zero attached hydrogens (tertiary/aromatic N) is 1. The van der Waals surface area contributed by atoms with Gasteiger partial charge in [0.2, 0.25) is 0 Å². The van der Waals surface area contributed by atoms with Crippen LogP contribution in [0.4, 0.5) is 0 Å². The first-order valence-electron chi connectivity index (χ1n) is 6.32. The molecule has 1 aliphatic rings. The van der Waals surface area contributed by atoms with Gasteiger partial charge in [0.25, 0.3) is 0 Å². The molecule has 2 unspecified atom stereocenters. The topological polar surface area (TPSA) is 40.5 Å². The smallest absolute Gasteiger partial charge is 0.332 e. The van der Waals surface area contributed by atoms with Gasteiger partial charge in [-0.2, -0.15) is 0 Å². The summed E-state index contributed by atoms with van der Waals surface area (Å²) in [5.74, 6) is -1.03. The Bertz CT molecular complexity index is 531. The minimum Gasteiger partial charge on any atom is -0.478 e. The average Bonchev–Trinajstić information content (AvgIpc) is 2.39. The number of likely N-dealkylation sites (N-methyl/N-ethyl adjacent to an activating group) is 1. The van der Waals surface area contributed by atoms with Gasteiger partial charge < -0.3 is 5.11 Å². The summed E-state index contributed by atoms with van der Waals surface area (Å²) in [4.78, 5) is 13.5. The van der Waals surface area contributed by atoms with Gasteiger partial charge in [-0.25, -0.2) is 4.79 Å². The first-order valence-corrected chi connectivity index (χ1v) is 6.32. The minimum absolute atomic E-state index is 0.174. The Balaban J connectivity index is 2.44. The highest BCUT2D eigenvalue weighted by atomic mass is 16.4. The van der Waals surface area contributed by atoms with E-state index in [-0.39, 0.29) is 11.5 Å². The van der Waals surface area contributed by atoms with Crippen LogP contribution in [-0.2, 0) is 4.79 Å². The molecule has 0 aromatic heterocycles. The summed E-state index contributed by atoms with van der Waals surface area (Å²) >= 11 is 0. The lowest BCUT2D eigenvalue weighted by Crippen LogP contribution is -2.40. The van der Waals surface area contributed by atoms with E-state index >= 15 is 0 Å². The van der Waals surface area contributed by atoms with Gasteiger partial charge in [0.05, 0.1) is 5.54 Å². The van der Waals surface area contributed by atoms with E-state index in [0.29, 0.717) is 5.57 Å². The van der Waals surface area contributed by atoms with Crippen LogP contribution in [0.25, 0.3) is 0 Å². The highest BCUT2D eigenvalue weighted by molar-refractivity contribution is 5.90. The molecule has 100 valence electrons. The predicted octanol–water partition coefficient (Wildman–Crippen LogP) is 2.67. The minimum atomic E-state index is -0.855. The lowest BCUT2D eigenvalue weighted by molar-refractivity contribution is -0.133. The SMILES string of the molecule is CN(C)C1(C)C=CC(c2ccccc2)C(C(=O)O)=C1. The molecule has 0 amide bonds. The normalized spacial score (nSPS) is 26.3. The third-order valence-corrected chi connectivity index (χ3v) is 3.78. The molecule has 0 bridgehead atoms. The standard InChI is InChI=1S/C16H19NO2/c1-16(17(2)3)10-9-13(14(11-16)15(18)19)12-7-5-4-6-8-12/h4-11,13H,1-3H3,(H,18,19). The molecule has 0 fully saturated rings. The van der Waals surface area contributed by atoms with Crippen LogP contribution in [0.5, 0.6) is 0 Å². The van der Waals surface area contributed by atoms with Crippen molar-refractivity contribution in [3.8, 4) is 0 Å². The summed E-state index contributed by atoms with van der Waals surface area (Å²) in [6.07, 6.45) is 5.89. The van der Waals surface area contributed by atoms with Crippen LogP contribution in [0.1, 0.15) is 18.4 Å². The number of rotatable bonds is 3. The Hall–Kier alpha value is -1.87. The zero-order valence-corrected chi connectivity index (χ0v) is 11.5. The molecule has 1 aliphatic carbocycles. The van der Waals surface area contributed by atoms with E-state index in [9.17, 15) is 9.90 Å². The number of aliphatic carboxylic acids is 1. The Morgan fingerprint density at radius 1 is 1.26 bits per heavy atom. The van der Waals surface area contributed by atoms with Gasteiger partial charge in [-0.1, -0.05) is 42.5 Å². The molecule has 0 spiro atoms. The van der Waals surface area contributed by atoms with E-state index in [0.717, 1.165) is 5.56 Å². The van der Waals surface area contributed by atoms with E-state index < -0.39 is 5.97 Å². The number of carboxylic acid groups (broad SMARTS) is 1. The first kappa shape index (κ1) is 13.6. The van der Waals surface area contributed by atoms with Gasteiger partial charge >= 0.3 is 5.97 Å². The first-order chi connectivity index (χ1) is 8.94. The monoisotopic (exact) mass is 257 g/mol. The number of hydrogen-bond acceptors (Lipinski definition) is 2. The van der Waals surface area contributed by atoms with Crippen molar-refractivity contribution < 1.29 is 9.90 Å². The maximum absolute atomic E-state index is 11.5. The highest BCUT2D eigenvalue weighted by Gasteiger charge is 2.31. The summed E-state index contributed by atoms with van der Waals surface area (Å²) in [6, 6.07) is 9.73. The second-order valence-corrected chi connectivity index (χ2v) is 5.27. The van der Waals surface area contributed by atoms with E-state index in [1.807, 2.05) is 68.4 Å². The second kappa shape index (κ2) is 5.02. The quantitative estimate of drug-likeness (QED) is 0.846. The summed E-state index contributed by atoms with van der Waals surface area (Å²) in [7, 11) is 3.90. The third kappa shape index (κ3) is 2.61. The van der Waals surface area contributed by atoms with Crippen molar-refractivity contribution in [3.05, 3.63) is 59.7 Å². The lowest BCUT2D eigenvalue weighted by atomic mass is 9.81. The van der Waals surface area contributed by atoms with Crippen molar-refractivity contribution in [1.82, 2.24) is 4.90 Å². The largest absolute Gasteiger partial charge is 0.478 e. The van der Waals surface area contributed by atoms with E-state index in [1.165, 1.54) is 0 Å². The van der Waals surface area contributed by atoms with Gasteiger partial charge in [0, 0.05) is 11.5 Å². The molecule has 2 atom stereocenters. The number of benzene rings is 1. The lowest BCUT2D eigenvalue weighted by Gasteiger charge is -2.35. The van der Waals surface area contributed by atoms with Crippen molar-refractivity contribution in [2.24, 2.45) is 0 Å². The molecule has 0 aliphatic heterocycles. The Morgan fingerprint density at radius 3 is 2.42 bits per heavy atom. The van der Waals surface area contributed by atoms with Crippen molar-refractivity contribution in [2.75, 3.05) is 14.1 Å². The summed E-state index contributed by atoms with van der Waals surface area (Å²) in [6.45, 7) is 2.01. The molecular formula is C16H19NO2.